The van der Waals surface area contributed by atoms with Crippen LogP contribution in [0.1, 0.15) is 40.7 Å². The number of aromatic nitrogens is 2. The van der Waals surface area contributed by atoms with Crippen molar-refractivity contribution in [2.24, 2.45) is 0 Å². The summed E-state index contributed by atoms with van der Waals surface area (Å²) in [5.74, 6) is 2.11. The summed E-state index contributed by atoms with van der Waals surface area (Å²) in [7, 11) is 0. The number of furan rings is 1. The van der Waals surface area contributed by atoms with Gasteiger partial charge in [-0.15, -0.1) is 0 Å². The zero-order valence-corrected chi connectivity index (χ0v) is 13.5. The molecule has 0 atom stereocenters. The predicted octanol–water partition coefficient (Wildman–Crippen LogP) is 2.04. The lowest BCUT2D eigenvalue weighted by molar-refractivity contribution is 0.0673. The van der Waals surface area contributed by atoms with E-state index < -0.39 is 0 Å². The van der Waals surface area contributed by atoms with E-state index in [4.69, 9.17) is 9.40 Å². The lowest BCUT2D eigenvalue weighted by Crippen LogP contribution is -2.38. The molecule has 6 nitrogen and oxygen atoms in total. The quantitative estimate of drug-likeness (QED) is 0.870. The molecule has 0 saturated carbocycles. The van der Waals surface area contributed by atoms with Crippen molar-refractivity contribution < 1.29 is 9.21 Å². The third-order valence-corrected chi connectivity index (χ3v) is 4.67. The van der Waals surface area contributed by atoms with E-state index in [1.165, 1.54) is 25.9 Å². The minimum atomic E-state index is -0.0477. The predicted molar refractivity (Wildman–Crippen MR) is 84.9 cm³/mol. The average molecular weight is 314 g/mol. The van der Waals surface area contributed by atoms with Crippen molar-refractivity contribution in [2.45, 2.75) is 39.4 Å². The van der Waals surface area contributed by atoms with Crippen molar-refractivity contribution in [2.75, 3.05) is 19.6 Å². The number of nitrogens with zero attached hydrogens (tertiary/aromatic N) is 4. The van der Waals surface area contributed by atoms with Crippen LogP contribution in [-0.4, -0.2) is 44.9 Å². The van der Waals surface area contributed by atoms with Crippen molar-refractivity contribution in [3.05, 3.63) is 41.4 Å². The highest BCUT2D eigenvalue weighted by Gasteiger charge is 2.25. The number of aryl methyl sites for hydroxylation is 1. The van der Waals surface area contributed by atoms with Crippen LogP contribution in [0.4, 0.5) is 0 Å². The first-order valence-electron chi connectivity index (χ1n) is 8.32. The van der Waals surface area contributed by atoms with Gasteiger partial charge in [-0.3, -0.25) is 9.69 Å². The van der Waals surface area contributed by atoms with Crippen molar-refractivity contribution >= 4 is 5.91 Å². The molecule has 1 saturated heterocycles. The van der Waals surface area contributed by atoms with Crippen LogP contribution in [0.5, 0.6) is 0 Å². The van der Waals surface area contributed by atoms with Crippen molar-refractivity contribution in [1.29, 1.82) is 0 Å². The van der Waals surface area contributed by atoms with Gasteiger partial charge in [-0.05, 0) is 45.0 Å². The Morgan fingerprint density at radius 3 is 2.78 bits per heavy atom. The highest BCUT2D eigenvalue weighted by atomic mass is 16.3. The fourth-order valence-corrected chi connectivity index (χ4v) is 3.44. The smallest absolute Gasteiger partial charge is 0.290 e. The number of carbonyl (C=O) groups excluding carboxylic acids is 1. The molecule has 0 radical (unpaired) electrons. The Labute approximate surface area is 135 Å². The van der Waals surface area contributed by atoms with Crippen LogP contribution < -0.4 is 0 Å². The summed E-state index contributed by atoms with van der Waals surface area (Å²) < 4.78 is 7.64. The Bertz CT molecular complexity index is 712. The van der Waals surface area contributed by atoms with Gasteiger partial charge in [0.1, 0.15) is 11.6 Å². The van der Waals surface area contributed by atoms with Gasteiger partial charge < -0.3 is 13.9 Å². The minimum Gasteiger partial charge on any atom is -0.456 e. The maximum absolute atomic E-state index is 12.5. The molecule has 0 aromatic carbocycles. The van der Waals surface area contributed by atoms with E-state index in [1.54, 1.807) is 6.07 Å². The molecule has 2 aromatic heterocycles. The molecular formula is C17H22N4O2. The number of rotatable bonds is 3. The molecule has 0 bridgehead atoms. The molecule has 6 heteroatoms. The van der Waals surface area contributed by atoms with Crippen LogP contribution in [-0.2, 0) is 19.6 Å². The Kier molecular flexibility index (Phi) is 3.69. The third kappa shape index (κ3) is 2.91. The molecule has 122 valence electrons. The zero-order chi connectivity index (χ0) is 15.8. The first kappa shape index (κ1) is 14.5. The fraction of sp³-hybridized carbons (Fsp3) is 0.529. The lowest BCUT2D eigenvalue weighted by Gasteiger charge is -2.26. The van der Waals surface area contributed by atoms with Gasteiger partial charge in [0.15, 0.2) is 5.76 Å². The Hall–Kier alpha value is -2.08. The normalized spacial score (nSPS) is 18.4. The number of hydrogen-bond acceptors (Lipinski definition) is 4. The van der Waals surface area contributed by atoms with Crippen LogP contribution >= 0.6 is 0 Å². The molecule has 1 fully saturated rings. The van der Waals surface area contributed by atoms with Crippen LogP contribution in [0.3, 0.4) is 0 Å². The second kappa shape index (κ2) is 5.85. The maximum atomic E-state index is 12.5. The number of fused-ring (bicyclic) bond motifs is 1. The molecule has 2 aliphatic rings. The largest absolute Gasteiger partial charge is 0.456 e. The number of likely N-dealkylation sites (tertiary alicyclic amines) is 1. The van der Waals surface area contributed by atoms with Crippen molar-refractivity contribution in [1.82, 2.24) is 19.4 Å². The van der Waals surface area contributed by atoms with E-state index in [9.17, 15) is 4.79 Å². The Morgan fingerprint density at radius 1 is 1.22 bits per heavy atom. The number of carbonyl (C=O) groups is 1. The van der Waals surface area contributed by atoms with Gasteiger partial charge in [0.2, 0.25) is 0 Å². The van der Waals surface area contributed by atoms with Gasteiger partial charge in [-0.25, -0.2) is 4.98 Å². The summed E-state index contributed by atoms with van der Waals surface area (Å²) in [5, 5.41) is 0. The van der Waals surface area contributed by atoms with Gasteiger partial charge in [0.05, 0.1) is 12.2 Å². The molecule has 2 aromatic rings. The summed E-state index contributed by atoms with van der Waals surface area (Å²) in [6.45, 7) is 7.17. The first-order valence-corrected chi connectivity index (χ1v) is 8.32. The third-order valence-electron chi connectivity index (χ3n) is 4.67. The van der Waals surface area contributed by atoms with Crippen LogP contribution in [0.15, 0.2) is 22.7 Å². The lowest BCUT2D eigenvalue weighted by atomic mass is 10.3. The summed E-state index contributed by atoms with van der Waals surface area (Å²) in [6, 6.07) is 3.57. The molecule has 0 spiro atoms. The summed E-state index contributed by atoms with van der Waals surface area (Å²) in [4.78, 5) is 21.5. The van der Waals surface area contributed by atoms with Crippen molar-refractivity contribution in [3.63, 3.8) is 0 Å². The Morgan fingerprint density at radius 2 is 2.04 bits per heavy atom. The SMILES string of the molecule is Cc1ccc(C(=O)N2CCn3cc(CN4CCCC4)nc3C2)o1. The van der Waals surface area contributed by atoms with E-state index >= 15 is 0 Å². The standard InChI is InChI=1S/C17H22N4O2/c1-13-4-5-15(23-13)17(22)21-9-8-20-11-14(18-16(20)12-21)10-19-6-2-3-7-19/h4-5,11H,2-3,6-10,12H2,1H3. The fourth-order valence-electron chi connectivity index (χ4n) is 3.44. The highest BCUT2D eigenvalue weighted by Crippen LogP contribution is 2.18. The van der Waals surface area contributed by atoms with E-state index in [1.807, 2.05) is 17.9 Å². The zero-order valence-electron chi connectivity index (χ0n) is 13.5. The monoisotopic (exact) mass is 314 g/mol. The molecule has 23 heavy (non-hydrogen) atoms. The maximum Gasteiger partial charge on any atom is 0.290 e. The number of hydrogen-bond donors (Lipinski definition) is 0. The summed E-state index contributed by atoms with van der Waals surface area (Å²) >= 11 is 0. The van der Waals surface area contributed by atoms with E-state index in [2.05, 4.69) is 15.7 Å². The molecular weight excluding hydrogens is 292 g/mol. The first-order chi connectivity index (χ1) is 11.2. The number of amides is 1. The summed E-state index contributed by atoms with van der Waals surface area (Å²) in [6.07, 6.45) is 4.73. The topological polar surface area (TPSA) is 54.5 Å². The number of imidazole rings is 1. The van der Waals surface area contributed by atoms with Gasteiger partial charge in [-0.1, -0.05) is 0 Å². The van der Waals surface area contributed by atoms with Crippen LogP contribution in [0.2, 0.25) is 0 Å². The molecule has 4 heterocycles. The summed E-state index contributed by atoms with van der Waals surface area (Å²) in [5.41, 5.74) is 1.12. The molecule has 1 amide bonds. The van der Waals surface area contributed by atoms with E-state index in [-0.39, 0.29) is 5.91 Å². The second-order valence-corrected chi connectivity index (χ2v) is 6.46. The van der Waals surface area contributed by atoms with Crippen molar-refractivity contribution in [3.8, 4) is 0 Å². The highest BCUT2D eigenvalue weighted by molar-refractivity contribution is 5.91. The van der Waals surface area contributed by atoms with Crippen LogP contribution in [0.25, 0.3) is 0 Å². The molecule has 0 unspecified atom stereocenters. The Balaban J connectivity index is 1.46. The molecule has 2 aliphatic heterocycles. The average Bonchev–Trinajstić information content (AvgIpc) is 3.26. The van der Waals surface area contributed by atoms with E-state index in [0.29, 0.717) is 18.8 Å². The molecule has 0 aliphatic carbocycles. The molecule has 0 N–H and O–H groups in total. The van der Waals surface area contributed by atoms with Gasteiger partial charge in [-0.2, -0.15) is 0 Å². The van der Waals surface area contributed by atoms with Gasteiger partial charge in [0, 0.05) is 25.8 Å². The minimum absolute atomic E-state index is 0.0477. The van der Waals surface area contributed by atoms with E-state index in [0.717, 1.165) is 30.4 Å². The second-order valence-electron chi connectivity index (χ2n) is 6.46. The van der Waals surface area contributed by atoms with Gasteiger partial charge in [0.25, 0.3) is 5.91 Å². The molecule has 4 rings (SSSR count). The van der Waals surface area contributed by atoms with Gasteiger partial charge >= 0.3 is 0 Å². The van der Waals surface area contributed by atoms with Crippen LogP contribution in [0, 0.1) is 6.92 Å².